The molecule has 2 aromatic heterocycles. The predicted molar refractivity (Wildman–Crippen MR) is 145 cm³/mol. The number of carbonyl (C=O) groups is 2. The number of pyridine rings is 1. The van der Waals surface area contributed by atoms with E-state index in [0.717, 1.165) is 0 Å². The summed E-state index contributed by atoms with van der Waals surface area (Å²) in [6.45, 7) is 3.57. The van der Waals surface area contributed by atoms with E-state index in [9.17, 15) is 24.6 Å². The average molecular weight is 554 g/mol. The lowest BCUT2D eigenvalue weighted by Crippen LogP contribution is -2.29. The van der Waals surface area contributed by atoms with Gasteiger partial charge in [0.2, 0.25) is 0 Å². The third-order valence-electron chi connectivity index (χ3n) is 5.73. The molecule has 0 bridgehead atoms. The highest BCUT2D eigenvalue weighted by Crippen LogP contribution is 2.36. The Bertz CT molecular complexity index is 1620. The molecule has 10 nitrogen and oxygen atoms in total. The van der Waals surface area contributed by atoms with Crippen molar-refractivity contribution < 1.29 is 19.8 Å². The second-order valence-corrected chi connectivity index (χ2v) is 8.95. The molecule has 0 radical (unpaired) electrons. The summed E-state index contributed by atoms with van der Waals surface area (Å²) >= 11 is 12.1. The van der Waals surface area contributed by atoms with E-state index in [0.29, 0.717) is 27.9 Å². The van der Waals surface area contributed by atoms with E-state index in [1.54, 1.807) is 38.1 Å². The number of amides is 2. The lowest BCUT2D eigenvalue weighted by molar-refractivity contribution is 0.0696. The van der Waals surface area contributed by atoms with Crippen LogP contribution < -0.4 is 16.2 Å². The monoisotopic (exact) mass is 553 g/mol. The van der Waals surface area contributed by atoms with Crippen LogP contribution in [0.1, 0.15) is 22.8 Å². The summed E-state index contributed by atoms with van der Waals surface area (Å²) in [5, 5.41) is 29.7. The number of anilines is 2. The molecule has 0 aliphatic rings. The number of hydrogen-bond donors (Lipinski definition) is 4. The predicted octanol–water partition coefficient (Wildman–Crippen LogP) is 5.66. The molecule has 0 unspecified atom stereocenters. The van der Waals surface area contributed by atoms with Crippen molar-refractivity contribution in [2.45, 2.75) is 20.4 Å². The second-order valence-electron chi connectivity index (χ2n) is 8.14. The molecule has 4 N–H and O–H groups in total. The van der Waals surface area contributed by atoms with Gasteiger partial charge < -0.3 is 20.8 Å². The van der Waals surface area contributed by atoms with Crippen LogP contribution in [0.5, 0.6) is 5.75 Å². The number of carbonyl (C=O) groups excluding carboxylic acids is 1. The maximum Gasteiger partial charge on any atom is 0.335 e. The van der Waals surface area contributed by atoms with E-state index in [-0.39, 0.29) is 39.3 Å². The summed E-state index contributed by atoms with van der Waals surface area (Å²) in [7, 11) is 0. The van der Waals surface area contributed by atoms with Gasteiger partial charge in [-0.05, 0) is 49.2 Å². The number of phenols is 1. The number of aromatic carboxylic acids is 1. The molecule has 0 fully saturated rings. The van der Waals surface area contributed by atoms with Crippen molar-refractivity contribution in [1.29, 1.82) is 0 Å². The highest BCUT2D eigenvalue weighted by Gasteiger charge is 2.18. The number of aromatic nitrogens is 3. The fraction of sp³-hybridized carbons (Fsp3) is 0.115. The lowest BCUT2D eigenvalue weighted by Gasteiger charge is -2.14. The first-order valence-electron chi connectivity index (χ1n) is 11.3. The van der Waals surface area contributed by atoms with Crippen molar-refractivity contribution in [3.63, 3.8) is 0 Å². The molecule has 0 atom stereocenters. The van der Waals surface area contributed by atoms with Crippen LogP contribution in [0.4, 0.5) is 16.2 Å². The van der Waals surface area contributed by atoms with Crippen LogP contribution >= 0.6 is 23.2 Å². The summed E-state index contributed by atoms with van der Waals surface area (Å²) in [4.78, 5) is 41.0. The number of nitrogens with one attached hydrogen (secondary N) is 2. The van der Waals surface area contributed by atoms with Crippen molar-refractivity contribution in [2.75, 3.05) is 10.6 Å². The van der Waals surface area contributed by atoms with E-state index >= 15 is 0 Å². The Morgan fingerprint density at radius 2 is 1.71 bits per heavy atom. The van der Waals surface area contributed by atoms with Gasteiger partial charge in [-0.25, -0.2) is 14.3 Å². The van der Waals surface area contributed by atoms with E-state index < -0.39 is 17.6 Å². The summed E-state index contributed by atoms with van der Waals surface area (Å²) < 4.78 is 1.19. The third kappa shape index (κ3) is 5.31. The quantitative estimate of drug-likeness (QED) is 0.241. The van der Waals surface area contributed by atoms with Crippen molar-refractivity contribution in [3.05, 3.63) is 86.4 Å². The minimum Gasteiger partial charge on any atom is -0.507 e. The largest absolute Gasteiger partial charge is 0.507 e. The lowest BCUT2D eigenvalue weighted by atomic mass is 9.94. The Labute approximate surface area is 226 Å². The van der Waals surface area contributed by atoms with Crippen molar-refractivity contribution in [1.82, 2.24) is 14.8 Å². The van der Waals surface area contributed by atoms with Crippen molar-refractivity contribution >= 4 is 46.6 Å². The molecule has 0 spiro atoms. The van der Waals surface area contributed by atoms with E-state index in [2.05, 4.69) is 20.7 Å². The van der Waals surface area contributed by atoms with Gasteiger partial charge >= 0.3 is 12.0 Å². The molecule has 0 aliphatic heterocycles. The molecule has 2 aromatic carbocycles. The summed E-state index contributed by atoms with van der Waals surface area (Å²) in [5.74, 6) is -1.19. The number of urea groups is 1. The maximum absolute atomic E-state index is 12.9. The van der Waals surface area contributed by atoms with Crippen LogP contribution in [-0.2, 0) is 6.54 Å². The average Bonchev–Trinajstić information content (AvgIpc) is 2.87. The first-order chi connectivity index (χ1) is 18.1. The fourth-order valence-corrected chi connectivity index (χ4v) is 4.37. The van der Waals surface area contributed by atoms with Crippen LogP contribution in [0.3, 0.4) is 0 Å². The van der Waals surface area contributed by atoms with Gasteiger partial charge in [0.1, 0.15) is 11.4 Å². The van der Waals surface area contributed by atoms with Gasteiger partial charge in [-0.3, -0.25) is 9.78 Å². The first-order valence-corrected chi connectivity index (χ1v) is 12.0. The van der Waals surface area contributed by atoms with Gasteiger partial charge in [-0.2, -0.15) is 5.10 Å². The molecule has 0 saturated carbocycles. The van der Waals surface area contributed by atoms with E-state index in [1.807, 2.05) is 0 Å². The van der Waals surface area contributed by atoms with E-state index in [1.165, 1.54) is 35.3 Å². The number of rotatable bonds is 6. The highest BCUT2D eigenvalue weighted by atomic mass is 35.5. The Balaban J connectivity index is 1.73. The number of carboxylic acid groups (broad SMARTS) is 1. The SMILES string of the molecule is CCn1nc(-c2cccc(-c3c(O)ccc(C(=O)O)c3C)c2)cc(NC(=O)Nc2c(Cl)cncc2Cl)c1=O. The number of carboxylic acids is 1. The zero-order valence-electron chi connectivity index (χ0n) is 20.1. The maximum atomic E-state index is 12.9. The van der Waals surface area contributed by atoms with Gasteiger partial charge in [0.25, 0.3) is 5.56 Å². The zero-order valence-corrected chi connectivity index (χ0v) is 21.6. The molecule has 0 aliphatic carbocycles. The van der Waals surface area contributed by atoms with Crippen LogP contribution in [0.25, 0.3) is 22.4 Å². The Morgan fingerprint density at radius 3 is 2.37 bits per heavy atom. The van der Waals surface area contributed by atoms with Crippen LogP contribution in [-0.4, -0.2) is 37.0 Å². The Hall–Kier alpha value is -4.41. The van der Waals surface area contributed by atoms with Crippen LogP contribution in [0, 0.1) is 6.92 Å². The topological polar surface area (TPSA) is 146 Å². The fourth-order valence-electron chi connectivity index (χ4n) is 3.91. The van der Waals surface area contributed by atoms with Gasteiger partial charge in [0.15, 0.2) is 0 Å². The van der Waals surface area contributed by atoms with E-state index in [4.69, 9.17) is 23.2 Å². The summed E-state index contributed by atoms with van der Waals surface area (Å²) in [5.41, 5.74) is 1.84. The Morgan fingerprint density at radius 1 is 1.03 bits per heavy atom. The van der Waals surface area contributed by atoms with Crippen molar-refractivity contribution in [2.24, 2.45) is 0 Å². The number of aromatic hydroxyl groups is 1. The molecule has 2 amide bonds. The number of phenolic OH excluding ortho intramolecular Hbond substituents is 1. The molecule has 38 heavy (non-hydrogen) atoms. The molecule has 4 aromatic rings. The van der Waals surface area contributed by atoms with Crippen LogP contribution in [0.15, 0.2) is 59.7 Å². The van der Waals surface area contributed by atoms with Gasteiger partial charge in [-0.15, -0.1) is 0 Å². The minimum atomic E-state index is -1.11. The van der Waals surface area contributed by atoms with Gasteiger partial charge in [-0.1, -0.05) is 41.4 Å². The van der Waals surface area contributed by atoms with Crippen LogP contribution in [0.2, 0.25) is 10.0 Å². The van der Waals surface area contributed by atoms with Crippen molar-refractivity contribution in [3.8, 4) is 28.1 Å². The normalized spacial score (nSPS) is 10.7. The molecule has 4 rings (SSSR count). The number of benzene rings is 2. The first kappa shape index (κ1) is 26.6. The summed E-state index contributed by atoms with van der Waals surface area (Å²) in [6.07, 6.45) is 2.63. The number of aryl methyl sites for hydroxylation is 1. The van der Waals surface area contributed by atoms with Gasteiger partial charge in [0, 0.05) is 30.1 Å². The number of nitrogens with zero attached hydrogens (tertiary/aromatic N) is 3. The molecule has 0 saturated heterocycles. The molecular formula is C26H21Cl2N5O5. The molecule has 2 heterocycles. The highest BCUT2D eigenvalue weighted by molar-refractivity contribution is 6.39. The smallest absolute Gasteiger partial charge is 0.335 e. The Kier molecular flexibility index (Phi) is 7.65. The zero-order chi connectivity index (χ0) is 27.6. The number of hydrogen-bond acceptors (Lipinski definition) is 6. The third-order valence-corrected chi connectivity index (χ3v) is 6.31. The van der Waals surface area contributed by atoms with Gasteiger partial charge in [0.05, 0.1) is 27.0 Å². The summed E-state index contributed by atoms with van der Waals surface area (Å²) in [6, 6.07) is 10.2. The minimum absolute atomic E-state index is 0.0482. The molecule has 194 valence electrons. The molecule has 12 heteroatoms. The standard InChI is InChI=1S/C26H21Cl2N5O5/c1-3-33-24(35)20(30-26(38)31-23-17(27)11-29-12-18(23)28)10-19(32-33)14-5-4-6-15(9-14)22-13(2)16(25(36)37)7-8-21(22)34/h4-12,34H,3H2,1-2H3,(H,36,37)(H2,29,30,31,38). The number of halogens is 2. The second kappa shape index (κ2) is 10.9. The molecular weight excluding hydrogens is 533 g/mol.